The van der Waals surface area contributed by atoms with Crippen LogP contribution in [0.15, 0.2) is 48.5 Å². The molecule has 4 heteroatoms. The van der Waals surface area contributed by atoms with Gasteiger partial charge in [0, 0.05) is 0 Å². The van der Waals surface area contributed by atoms with E-state index in [2.05, 4.69) is 22.4 Å². The lowest BCUT2D eigenvalue weighted by atomic mass is 9.64. The fourth-order valence-corrected chi connectivity index (χ4v) is 4.23. The number of amides is 1. The van der Waals surface area contributed by atoms with E-state index in [0.717, 1.165) is 40.6 Å². The molecule has 0 atom stereocenters. The van der Waals surface area contributed by atoms with E-state index in [0.29, 0.717) is 5.13 Å². The Labute approximate surface area is 139 Å². The van der Waals surface area contributed by atoms with Gasteiger partial charge in [-0.05, 0) is 37.0 Å². The van der Waals surface area contributed by atoms with Crippen molar-refractivity contribution in [3.8, 4) is 0 Å². The van der Waals surface area contributed by atoms with Gasteiger partial charge in [-0.25, -0.2) is 4.98 Å². The summed E-state index contributed by atoms with van der Waals surface area (Å²) >= 11 is 1.54. The number of benzene rings is 2. The SMILES string of the molecule is Cc1cccc2sc(NC(=O)C3(c4ccccc4)CCC3)nc12. The molecule has 2 aromatic carbocycles. The maximum Gasteiger partial charge on any atom is 0.236 e. The summed E-state index contributed by atoms with van der Waals surface area (Å²) in [5.74, 6) is 0.0756. The van der Waals surface area contributed by atoms with Gasteiger partial charge in [-0.2, -0.15) is 0 Å². The third-order valence-electron chi connectivity index (χ3n) is 4.81. The van der Waals surface area contributed by atoms with Crippen LogP contribution in [0, 0.1) is 6.92 Å². The van der Waals surface area contributed by atoms with Crippen molar-refractivity contribution >= 4 is 32.6 Å². The summed E-state index contributed by atoms with van der Waals surface area (Å²) < 4.78 is 1.11. The fraction of sp³-hybridized carbons (Fsp3) is 0.263. The lowest BCUT2D eigenvalue weighted by Crippen LogP contribution is -2.45. The Balaban J connectivity index is 1.64. The highest BCUT2D eigenvalue weighted by molar-refractivity contribution is 7.22. The highest BCUT2D eigenvalue weighted by Gasteiger charge is 2.45. The molecular weight excluding hydrogens is 304 g/mol. The van der Waals surface area contributed by atoms with Crippen molar-refractivity contribution in [3.63, 3.8) is 0 Å². The maximum absolute atomic E-state index is 12.9. The van der Waals surface area contributed by atoms with Gasteiger partial charge in [0.15, 0.2) is 5.13 Å². The number of thiazole rings is 1. The van der Waals surface area contributed by atoms with Gasteiger partial charge in [0.2, 0.25) is 5.91 Å². The Kier molecular flexibility index (Phi) is 3.42. The van der Waals surface area contributed by atoms with Crippen LogP contribution in [0.5, 0.6) is 0 Å². The molecule has 0 radical (unpaired) electrons. The van der Waals surface area contributed by atoms with Crippen LogP contribution in [-0.2, 0) is 10.2 Å². The van der Waals surface area contributed by atoms with E-state index in [1.54, 1.807) is 11.3 Å². The number of hydrogen-bond acceptors (Lipinski definition) is 3. The van der Waals surface area contributed by atoms with Crippen LogP contribution in [0.4, 0.5) is 5.13 Å². The van der Waals surface area contributed by atoms with Crippen LogP contribution in [0.25, 0.3) is 10.2 Å². The van der Waals surface area contributed by atoms with Crippen molar-refractivity contribution in [3.05, 3.63) is 59.7 Å². The van der Waals surface area contributed by atoms with E-state index in [4.69, 9.17) is 0 Å². The number of rotatable bonds is 3. The van der Waals surface area contributed by atoms with Crippen molar-refractivity contribution in [2.75, 3.05) is 5.32 Å². The second-order valence-corrected chi connectivity index (χ2v) is 7.23. The lowest BCUT2D eigenvalue weighted by molar-refractivity contribution is -0.124. The molecule has 116 valence electrons. The zero-order valence-corrected chi connectivity index (χ0v) is 13.8. The zero-order chi connectivity index (χ0) is 15.9. The van der Waals surface area contributed by atoms with Gasteiger partial charge in [0.1, 0.15) is 0 Å². The second kappa shape index (κ2) is 5.46. The lowest BCUT2D eigenvalue weighted by Gasteiger charge is -2.40. The summed E-state index contributed by atoms with van der Waals surface area (Å²) in [4.78, 5) is 17.5. The van der Waals surface area contributed by atoms with Gasteiger partial charge in [-0.3, -0.25) is 4.79 Å². The van der Waals surface area contributed by atoms with Crippen molar-refractivity contribution in [2.24, 2.45) is 0 Å². The smallest absolute Gasteiger partial charge is 0.236 e. The highest BCUT2D eigenvalue weighted by Crippen LogP contribution is 2.44. The predicted octanol–water partition coefficient (Wildman–Crippen LogP) is 4.67. The first-order valence-electron chi connectivity index (χ1n) is 7.92. The fourth-order valence-electron chi connectivity index (χ4n) is 3.29. The van der Waals surface area contributed by atoms with Gasteiger partial charge in [0.05, 0.1) is 15.6 Å². The number of anilines is 1. The van der Waals surface area contributed by atoms with Crippen molar-refractivity contribution in [2.45, 2.75) is 31.6 Å². The van der Waals surface area contributed by atoms with E-state index in [1.807, 2.05) is 43.3 Å². The molecule has 23 heavy (non-hydrogen) atoms. The molecule has 3 nitrogen and oxygen atoms in total. The van der Waals surface area contributed by atoms with Crippen LogP contribution >= 0.6 is 11.3 Å². The Bertz CT molecular complexity index is 865. The number of carbonyl (C=O) groups excluding carboxylic acids is 1. The minimum Gasteiger partial charge on any atom is -0.301 e. The molecule has 0 spiro atoms. The molecule has 0 unspecified atom stereocenters. The van der Waals surface area contributed by atoms with E-state index in [-0.39, 0.29) is 11.3 Å². The zero-order valence-electron chi connectivity index (χ0n) is 13.0. The molecule has 1 heterocycles. The minimum atomic E-state index is -0.381. The number of fused-ring (bicyclic) bond motifs is 1. The van der Waals surface area contributed by atoms with Gasteiger partial charge in [-0.1, -0.05) is 60.2 Å². The van der Waals surface area contributed by atoms with Crippen LogP contribution < -0.4 is 5.32 Å². The standard InChI is InChI=1S/C19H18N2OS/c1-13-7-5-10-15-16(13)20-18(23-15)21-17(22)19(11-6-12-19)14-8-3-2-4-9-14/h2-5,7-10H,6,11-12H2,1H3,(H,20,21,22). The maximum atomic E-state index is 12.9. The number of carbonyl (C=O) groups is 1. The quantitative estimate of drug-likeness (QED) is 0.761. The topological polar surface area (TPSA) is 42.0 Å². The first-order chi connectivity index (χ1) is 11.2. The Morgan fingerprint density at radius 3 is 2.57 bits per heavy atom. The molecule has 3 aromatic rings. The molecule has 1 fully saturated rings. The average molecular weight is 322 g/mol. The summed E-state index contributed by atoms with van der Waals surface area (Å²) in [5.41, 5.74) is 2.85. The summed E-state index contributed by atoms with van der Waals surface area (Å²) in [6, 6.07) is 16.2. The minimum absolute atomic E-state index is 0.0756. The number of nitrogens with zero attached hydrogens (tertiary/aromatic N) is 1. The number of aryl methyl sites for hydroxylation is 1. The Hall–Kier alpha value is -2.20. The normalized spacial score (nSPS) is 16.0. The molecular formula is C19H18N2OS. The van der Waals surface area contributed by atoms with Crippen LogP contribution in [-0.4, -0.2) is 10.9 Å². The molecule has 1 N–H and O–H groups in total. The first kappa shape index (κ1) is 14.4. The summed E-state index contributed by atoms with van der Waals surface area (Å²) in [5, 5.41) is 3.76. The number of nitrogens with one attached hydrogen (secondary N) is 1. The van der Waals surface area contributed by atoms with Crippen LogP contribution in [0.3, 0.4) is 0 Å². The van der Waals surface area contributed by atoms with E-state index < -0.39 is 0 Å². The molecule has 1 saturated carbocycles. The Morgan fingerprint density at radius 1 is 1.13 bits per heavy atom. The van der Waals surface area contributed by atoms with Crippen LogP contribution in [0.2, 0.25) is 0 Å². The molecule has 1 aliphatic carbocycles. The summed E-state index contributed by atoms with van der Waals surface area (Å²) in [6.45, 7) is 2.05. The molecule has 0 aliphatic heterocycles. The largest absolute Gasteiger partial charge is 0.301 e. The third-order valence-corrected chi connectivity index (χ3v) is 5.75. The highest BCUT2D eigenvalue weighted by atomic mass is 32.1. The van der Waals surface area contributed by atoms with Gasteiger partial charge >= 0.3 is 0 Å². The van der Waals surface area contributed by atoms with Crippen molar-refractivity contribution in [1.82, 2.24) is 4.98 Å². The molecule has 0 bridgehead atoms. The third kappa shape index (κ3) is 2.34. The van der Waals surface area contributed by atoms with Gasteiger partial charge in [0.25, 0.3) is 0 Å². The number of aromatic nitrogens is 1. The van der Waals surface area contributed by atoms with Gasteiger partial charge < -0.3 is 5.32 Å². The molecule has 0 saturated heterocycles. The monoisotopic (exact) mass is 322 g/mol. The number of para-hydroxylation sites is 1. The van der Waals surface area contributed by atoms with E-state index >= 15 is 0 Å². The molecule has 1 aromatic heterocycles. The van der Waals surface area contributed by atoms with Crippen molar-refractivity contribution in [1.29, 1.82) is 0 Å². The molecule has 4 rings (SSSR count). The number of hydrogen-bond donors (Lipinski definition) is 1. The second-order valence-electron chi connectivity index (χ2n) is 6.20. The Morgan fingerprint density at radius 2 is 1.91 bits per heavy atom. The summed E-state index contributed by atoms with van der Waals surface area (Å²) in [6.07, 6.45) is 2.92. The van der Waals surface area contributed by atoms with Gasteiger partial charge in [-0.15, -0.1) is 0 Å². The van der Waals surface area contributed by atoms with E-state index in [1.165, 1.54) is 0 Å². The summed E-state index contributed by atoms with van der Waals surface area (Å²) in [7, 11) is 0. The predicted molar refractivity (Wildman–Crippen MR) is 95.0 cm³/mol. The average Bonchev–Trinajstić information content (AvgIpc) is 2.91. The molecule has 1 amide bonds. The van der Waals surface area contributed by atoms with E-state index in [9.17, 15) is 4.79 Å². The first-order valence-corrected chi connectivity index (χ1v) is 8.74. The molecule has 1 aliphatic rings. The van der Waals surface area contributed by atoms with Crippen molar-refractivity contribution < 1.29 is 4.79 Å². The van der Waals surface area contributed by atoms with Crippen LogP contribution in [0.1, 0.15) is 30.4 Å².